The van der Waals surface area contributed by atoms with Crippen LogP contribution in [-0.4, -0.2) is 17.6 Å². The standard InChI is InChI=1S/C19H30N2/c1-3-4-15-5-6-16(13-21-18-7-8-18)19(10-15)17-9-14(2)11-20-12-17/h9,11-12,15-16,18-19,21H,3-8,10,13H2,1-2H3. The molecule has 1 N–H and O–H groups in total. The Balaban J connectivity index is 1.71. The van der Waals surface area contributed by atoms with E-state index in [0.29, 0.717) is 5.92 Å². The van der Waals surface area contributed by atoms with E-state index >= 15 is 0 Å². The van der Waals surface area contributed by atoms with Crippen LogP contribution in [0.15, 0.2) is 18.5 Å². The maximum absolute atomic E-state index is 4.45. The molecule has 1 aromatic rings. The molecule has 2 heteroatoms. The van der Waals surface area contributed by atoms with Crippen molar-refractivity contribution in [1.29, 1.82) is 0 Å². The SMILES string of the molecule is CCCC1CCC(CNC2CC2)C(c2cncc(C)c2)C1. The van der Waals surface area contributed by atoms with Crippen molar-refractivity contribution in [1.82, 2.24) is 10.3 Å². The zero-order chi connectivity index (χ0) is 14.7. The van der Waals surface area contributed by atoms with Crippen molar-refractivity contribution in [3.8, 4) is 0 Å². The minimum atomic E-state index is 0.717. The molecule has 0 spiro atoms. The van der Waals surface area contributed by atoms with Gasteiger partial charge in [-0.15, -0.1) is 0 Å². The summed E-state index contributed by atoms with van der Waals surface area (Å²) in [6.07, 6.45) is 13.8. The van der Waals surface area contributed by atoms with Crippen LogP contribution in [0, 0.1) is 18.8 Å². The van der Waals surface area contributed by atoms with Crippen LogP contribution in [0.2, 0.25) is 0 Å². The maximum Gasteiger partial charge on any atom is 0.0303 e. The quantitative estimate of drug-likeness (QED) is 0.836. The minimum Gasteiger partial charge on any atom is -0.314 e. The first-order valence-electron chi connectivity index (χ1n) is 8.91. The second kappa shape index (κ2) is 6.91. The number of hydrogen-bond acceptors (Lipinski definition) is 2. The minimum absolute atomic E-state index is 0.717. The van der Waals surface area contributed by atoms with Crippen molar-refractivity contribution < 1.29 is 0 Å². The summed E-state index contributed by atoms with van der Waals surface area (Å²) in [7, 11) is 0. The van der Waals surface area contributed by atoms with Crippen molar-refractivity contribution in [2.45, 2.75) is 70.8 Å². The first-order chi connectivity index (χ1) is 10.3. The van der Waals surface area contributed by atoms with Crippen molar-refractivity contribution in [2.75, 3.05) is 6.54 Å². The zero-order valence-electron chi connectivity index (χ0n) is 13.6. The average Bonchev–Trinajstić information content (AvgIpc) is 3.30. The van der Waals surface area contributed by atoms with Gasteiger partial charge in [-0.25, -0.2) is 0 Å². The molecular weight excluding hydrogens is 256 g/mol. The third-order valence-electron chi connectivity index (χ3n) is 5.37. The smallest absolute Gasteiger partial charge is 0.0303 e. The molecule has 0 aromatic carbocycles. The lowest BCUT2D eigenvalue weighted by molar-refractivity contribution is 0.219. The zero-order valence-corrected chi connectivity index (χ0v) is 13.6. The van der Waals surface area contributed by atoms with E-state index in [4.69, 9.17) is 0 Å². The van der Waals surface area contributed by atoms with Crippen LogP contribution >= 0.6 is 0 Å². The van der Waals surface area contributed by atoms with Crippen LogP contribution in [0.1, 0.15) is 68.9 Å². The molecule has 2 nitrogen and oxygen atoms in total. The predicted molar refractivity (Wildman–Crippen MR) is 88.5 cm³/mol. The molecular formula is C19H30N2. The lowest BCUT2D eigenvalue weighted by Crippen LogP contribution is -2.33. The van der Waals surface area contributed by atoms with E-state index in [9.17, 15) is 0 Å². The van der Waals surface area contributed by atoms with E-state index in [1.54, 1.807) is 0 Å². The van der Waals surface area contributed by atoms with E-state index in [1.807, 2.05) is 6.20 Å². The number of aromatic nitrogens is 1. The Morgan fingerprint density at radius 1 is 1.19 bits per heavy atom. The van der Waals surface area contributed by atoms with Gasteiger partial charge in [0.25, 0.3) is 0 Å². The van der Waals surface area contributed by atoms with E-state index in [2.05, 4.69) is 36.4 Å². The first-order valence-corrected chi connectivity index (χ1v) is 8.91. The summed E-state index contributed by atoms with van der Waals surface area (Å²) < 4.78 is 0. The van der Waals surface area contributed by atoms with Crippen LogP contribution in [0.25, 0.3) is 0 Å². The molecule has 0 bridgehead atoms. The number of aryl methyl sites for hydroxylation is 1. The monoisotopic (exact) mass is 286 g/mol. The van der Waals surface area contributed by atoms with Gasteiger partial charge in [-0.1, -0.05) is 32.3 Å². The Hall–Kier alpha value is -0.890. The number of pyridine rings is 1. The van der Waals surface area contributed by atoms with Crippen molar-refractivity contribution >= 4 is 0 Å². The fraction of sp³-hybridized carbons (Fsp3) is 0.737. The van der Waals surface area contributed by atoms with E-state index in [0.717, 1.165) is 17.9 Å². The number of nitrogens with one attached hydrogen (secondary N) is 1. The second-order valence-electron chi connectivity index (χ2n) is 7.31. The predicted octanol–water partition coefficient (Wildman–Crippen LogP) is 4.44. The Morgan fingerprint density at radius 3 is 2.76 bits per heavy atom. The Kier molecular flexibility index (Phi) is 4.95. The molecule has 3 rings (SSSR count). The molecule has 3 atom stereocenters. The lowest BCUT2D eigenvalue weighted by atomic mass is 9.70. The van der Waals surface area contributed by atoms with Gasteiger partial charge >= 0.3 is 0 Å². The molecule has 1 heterocycles. The number of rotatable bonds is 6. The van der Waals surface area contributed by atoms with Gasteiger partial charge in [-0.3, -0.25) is 4.98 Å². The Morgan fingerprint density at radius 2 is 2.05 bits per heavy atom. The highest BCUT2D eigenvalue weighted by atomic mass is 14.9. The molecule has 0 saturated heterocycles. The van der Waals surface area contributed by atoms with Crippen LogP contribution < -0.4 is 5.32 Å². The lowest BCUT2D eigenvalue weighted by Gasteiger charge is -2.37. The molecule has 0 amide bonds. The highest BCUT2D eigenvalue weighted by Crippen LogP contribution is 2.42. The van der Waals surface area contributed by atoms with Crippen molar-refractivity contribution in [2.24, 2.45) is 11.8 Å². The Labute approximate surface area is 129 Å². The van der Waals surface area contributed by atoms with E-state index < -0.39 is 0 Å². The summed E-state index contributed by atoms with van der Waals surface area (Å²) in [4.78, 5) is 4.45. The van der Waals surface area contributed by atoms with Gasteiger partial charge in [-0.2, -0.15) is 0 Å². The van der Waals surface area contributed by atoms with Crippen LogP contribution in [-0.2, 0) is 0 Å². The average molecular weight is 286 g/mol. The molecule has 21 heavy (non-hydrogen) atoms. The molecule has 1 aromatic heterocycles. The highest BCUT2D eigenvalue weighted by molar-refractivity contribution is 5.22. The normalized spacial score (nSPS) is 29.5. The molecule has 3 unspecified atom stereocenters. The highest BCUT2D eigenvalue weighted by Gasteiger charge is 2.32. The molecule has 2 aliphatic carbocycles. The molecule has 116 valence electrons. The van der Waals surface area contributed by atoms with E-state index in [1.165, 1.54) is 62.6 Å². The van der Waals surface area contributed by atoms with Crippen LogP contribution in [0.3, 0.4) is 0 Å². The fourth-order valence-electron chi connectivity index (χ4n) is 4.03. The fourth-order valence-corrected chi connectivity index (χ4v) is 4.03. The molecule has 2 fully saturated rings. The first kappa shape index (κ1) is 15.0. The summed E-state index contributed by atoms with van der Waals surface area (Å²) in [6.45, 7) is 5.70. The molecule has 0 radical (unpaired) electrons. The van der Waals surface area contributed by atoms with Gasteiger partial charge in [0.05, 0.1) is 0 Å². The summed E-state index contributed by atoms with van der Waals surface area (Å²) in [6, 6.07) is 3.20. The Bertz CT molecular complexity index is 453. The van der Waals surface area contributed by atoms with Crippen LogP contribution in [0.4, 0.5) is 0 Å². The van der Waals surface area contributed by atoms with Gasteiger partial charge in [0.2, 0.25) is 0 Å². The second-order valence-corrected chi connectivity index (χ2v) is 7.31. The molecule has 0 aliphatic heterocycles. The van der Waals surface area contributed by atoms with Gasteiger partial charge in [0, 0.05) is 18.4 Å². The summed E-state index contributed by atoms with van der Waals surface area (Å²) >= 11 is 0. The van der Waals surface area contributed by atoms with Gasteiger partial charge < -0.3 is 5.32 Å². The van der Waals surface area contributed by atoms with E-state index in [-0.39, 0.29) is 0 Å². The largest absolute Gasteiger partial charge is 0.314 e. The third-order valence-corrected chi connectivity index (χ3v) is 5.37. The van der Waals surface area contributed by atoms with Crippen molar-refractivity contribution in [3.63, 3.8) is 0 Å². The van der Waals surface area contributed by atoms with Gasteiger partial charge in [-0.05, 0) is 68.0 Å². The van der Waals surface area contributed by atoms with Gasteiger partial charge in [0.1, 0.15) is 0 Å². The topological polar surface area (TPSA) is 24.9 Å². The van der Waals surface area contributed by atoms with Gasteiger partial charge in [0.15, 0.2) is 0 Å². The molecule has 2 aliphatic rings. The number of nitrogens with zero attached hydrogens (tertiary/aromatic N) is 1. The third kappa shape index (κ3) is 4.06. The summed E-state index contributed by atoms with van der Waals surface area (Å²) in [5, 5.41) is 3.77. The molecule has 2 saturated carbocycles. The number of hydrogen-bond donors (Lipinski definition) is 1. The summed E-state index contributed by atoms with van der Waals surface area (Å²) in [5.74, 6) is 2.45. The maximum atomic E-state index is 4.45. The van der Waals surface area contributed by atoms with Crippen molar-refractivity contribution in [3.05, 3.63) is 29.6 Å². The summed E-state index contributed by atoms with van der Waals surface area (Å²) in [5.41, 5.74) is 2.79. The van der Waals surface area contributed by atoms with Crippen LogP contribution in [0.5, 0.6) is 0 Å².